The fourth-order valence-electron chi connectivity index (χ4n) is 3.00. The van der Waals surface area contributed by atoms with Crippen molar-refractivity contribution in [2.45, 2.75) is 18.7 Å². The monoisotopic (exact) mass is 499 g/mol. The lowest BCUT2D eigenvalue weighted by Gasteiger charge is -2.24. The van der Waals surface area contributed by atoms with Crippen molar-refractivity contribution in [3.8, 4) is 5.75 Å². The minimum atomic E-state index is 0. The number of carbonyl (C=O) groups excluding carboxylic acids is 1. The first-order valence-corrected chi connectivity index (χ1v) is 12.1. The van der Waals surface area contributed by atoms with Crippen molar-refractivity contribution in [1.82, 2.24) is 9.88 Å². The van der Waals surface area contributed by atoms with E-state index in [1.54, 1.807) is 7.11 Å². The lowest BCUT2D eigenvalue weighted by molar-refractivity contribution is -0.116. The second-order valence-corrected chi connectivity index (χ2v) is 9.14. The van der Waals surface area contributed by atoms with Crippen molar-refractivity contribution in [3.05, 3.63) is 47.5 Å². The van der Waals surface area contributed by atoms with Crippen LogP contribution in [-0.4, -0.2) is 54.8 Å². The molecule has 0 spiro atoms. The number of ether oxygens (including phenoxy) is 1. The molecule has 0 saturated heterocycles. The quantitative estimate of drug-likeness (QED) is 0.327. The van der Waals surface area contributed by atoms with Crippen molar-refractivity contribution in [2.75, 3.05) is 43.9 Å². The Morgan fingerprint density at radius 2 is 1.84 bits per heavy atom. The predicted molar refractivity (Wildman–Crippen MR) is 136 cm³/mol. The highest BCUT2D eigenvalue weighted by Crippen LogP contribution is 2.32. The van der Waals surface area contributed by atoms with Gasteiger partial charge in [0, 0.05) is 23.0 Å². The van der Waals surface area contributed by atoms with Crippen molar-refractivity contribution >= 4 is 68.4 Å². The molecule has 168 valence electrons. The predicted octanol–water partition coefficient (Wildman–Crippen LogP) is 5.85. The first kappa shape index (κ1) is 25.7. The summed E-state index contributed by atoms with van der Waals surface area (Å²) < 4.78 is 6.33. The number of nitrogens with zero attached hydrogens (tertiary/aromatic N) is 3. The van der Waals surface area contributed by atoms with Gasteiger partial charge in [-0.15, -0.1) is 24.2 Å². The van der Waals surface area contributed by atoms with Crippen LogP contribution < -0.4 is 9.64 Å². The molecule has 0 aliphatic rings. The largest absolute Gasteiger partial charge is 0.497 e. The summed E-state index contributed by atoms with van der Waals surface area (Å²) in [6, 6.07) is 13.3. The SMILES string of the molecule is CCN(CC)CCN(C(=O)CSc1ccc(Cl)cc1)c1nc2ccc(OC)cc2s1.Cl. The van der Waals surface area contributed by atoms with Crippen LogP contribution in [0.25, 0.3) is 10.2 Å². The molecule has 3 aromatic rings. The standard InChI is InChI=1S/C22H26ClN3O2S2.ClH/c1-4-25(5-2)12-13-26(21(27)15-29-18-9-6-16(23)7-10-18)22-24-19-11-8-17(28-3)14-20(19)30-22;/h6-11,14H,4-5,12-13,15H2,1-3H3;1H. The maximum Gasteiger partial charge on any atom is 0.239 e. The minimum Gasteiger partial charge on any atom is -0.497 e. The summed E-state index contributed by atoms with van der Waals surface area (Å²) in [5.74, 6) is 1.18. The van der Waals surface area contributed by atoms with Gasteiger partial charge in [0.05, 0.1) is 23.1 Å². The zero-order valence-electron chi connectivity index (χ0n) is 17.8. The number of hydrogen-bond acceptors (Lipinski definition) is 6. The number of hydrogen-bond donors (Lipinski definition) is 0. The van der Waals surface area contributed by atoms with E-state index in [4.69, 9.17) is 21.3 Å². The normalized spacial score (nSPS) is 10.9. The van der Waals surface area contributed by atoms with Gasteiger partial charge >= 0.3 is 0 Å². The highest BCUT2D eigenvalue weighted by molar-refractivity contribution is 8.00. The fraction of sp³-hybridized carbons (Fsp3) is 0.364. The van der Waals surface area contributed by atoms with E-state index in [2.05, 4.69) is 18.7 Å². The van der Waals surface area contributed by atoms with E-state index in [0.29, 0.717) is 17.3 Å². The number of likely N-dealkylation sites (N-methyl/N-ethyl adjacent to an activating group) is 1. The number of thioether (sulfide) groups is 1. The summed E-state index contributed by atoms with van der Waals surface area (Å²) in [5.41, 5.74) is 0.877. The van der Waals surface area contributed by atoms with Crippen LogP contribution in [0.2, 0.25) is 5.02 Å². The van der Waals surface area contributed by atoms with Crippen LogP contribution >= 0.6 is 47.1 Å². The van der Waals surface area contributed by atoms with Gasteiger partial charge in [0.15, 0.2) is 5.13 Å². The van der Waals surface area contributed by atoms with E-state index in [1.165, 1.54) is 23.1 Å². The number of halogens is 2. The summed E-state index contributed by atoms with van der Waals surface area (Å²) >= 11 is 8.99. The molecule has 0 saturated carbocycles. The maximum atomic E-state index is 13.2. The minimum absolute atomic E-state index is 0. The average molecular weight is 501 g/mol. The second-order valence-electron chi connectivity index (χ2n) is 6.64. The molecule has 0 atom stereocenters. The van der Waals surface area contributed by atoms with Crippen LogP contribution in [0.15, 0.2) is 47.4 Å². The smallest absolute Gasteiger partial charge is 0.239 e. The van der Waals surface area contributed by atoms with Gasteiger partial charge in [-0.25, -0.2) is 4.98 Å². The zero-order valence-corrected chi connectivity index (χ0v) is 21.0. The van der Waals surface area contributed by atoms with Gasteiger partial charge < -0.3 is 9.64 Å². The molecule has 9 heteroatoms. The number of thiazole rings is 1. The zero-order chi connectivity index (χ0) is 21.5. The van der Waals surface area contributed by atoms with Crippen LogP contribution in [0, 0.1) is 0 Å². The molecule has 0 aliphatic heterocycles. The van der Waals surface area contributed by atoms with Gasteiger partial charge in [-0.2, -0.15) is 0 Å². The number of methoxy groups -OCH3 is 1. The van der Waals surface area contributed by atoms with Crippen molar-refractivity contribution in [2.24, 2.45) is 0 Å². The van der Waals surface area contributed by atoms with Crippen LogP contribution in [-0.2, 0) is 4.79 Å². The molecule has 1 amide bonds. The molecule has 0 aliphatic carbocycles. The van der Waals surface area contributed by atoms with Gasteiger partial charge in [0.25, 0.3) is 0 Å². The molecule has 0 radical (unpaired) electrons. The van der Waals surface area contributed by atoms with E-state index < -0.39 is 0 Å². The van der Waals surface area contributed by atoms with Crippen LogP contribution in [0.1, 0.15) is 13.8 Å². The van der Waals surface area contributed by atoms with Crippen LogP contribution in [0.3, 0.4) is 0 Å². The average Bonchev–Trinajstić information content (AvgIpc) is 3.19. The molecule has 0 fully saturated rings. The second kappa shape index (κ2) is 12.5. The van der Waals surface area contributed by atoms with Gasteiger partial charge in [-0.05, 0) is 55.6 Å². The van der Waals surface area contributed by atoms with Gasteiger partial charge in [0.2, 0.25) is 5.91 Å². The number of benzene rings is 2. The number of fused-ring (bicyclic) bond motifs is 1. The highest BCUT2D eigenvalue weighted by atomic mass is 35.5. The molecular weight excluding hydrogens is 473 g/mol. The molecule has 1 aromatic heterocycles. The number of rotatable bonds is 10. The third kappa shape index (κ3) is 6.99. The first-order chi connectivity index (χ1) is 14.5. The van der Waals surface area contributed by atoms with Crippen molar-refractivity contribution in [1.29, 1.82) is 0 Å². The Balaban J connectivity index is 0.00000341. The molecule has 3 rings (SSSR count). The molecule has 2 aromatic carbocycles. The first-order valence-electron chi connectivity index (χ1n) is 9.89. The summed E-state index contributed by atoms with van der Waals surface area (Å²) in [4.78, 5) is 23.0. The van der Waals surface area contributed by atoms with E-state index in [1.807, 2.05) is 47.4 Å². The topological polar surface area (TPSA) is 45.7 Å². The van der Waals surface area contributed by atoms with Crippen molar-refractivity contribution in [3.63, 3.8) is 0 Å². The summed E-state index contributed by atoms with van der Waals surface area (Å²) in [6.07, 6.45) is 0. The third-order valence-electron chi connectivity index (χ3n) is 4.83. The Morgan fingerprint density at radius 3 is 2.48 bits per heavy atom. The number of anilines is 1. The van der Waals surface area contributed by atoms with Crippen molar-refractivity contribution < 1.29 is 9.53 Å². The molecule has 31 heavy (non-hydrogen) atoms. The van der Waals surface area contributed by atoms with Gasteiger partial charge in [0.1, 0.15) is 5.75 Å². The number of aromatic nitrogens is 1. The lowest BCUT2D eigenvalue weighted by Crippen LogP contribution is -2.39. The summed E-state index contributed by atoms with van der Waals surface area (Å²) in [7, 11) is 1.65. The number of carbonyl (C=O) groups is 1. The molecule has 5 nitrogen and oxygen atoms in total. The molecular formula is C22H27Cl2N3O2S2. The lowest BCUT2D eigenvalue weighted by atomic mass is 10.3. The van der Waals surface area contributed by atoms with E-state index in [0.717, 1.165) is 45.6 Å². The highest BCUT2D eigenvalue weighted by Gasteiger charge is 2.21. The Morgan fingerprint density at radius 1 is 1.13 bits per heavy atom. The van der Waals surface area contributed by atoms with Crippen LogP contribution in [0.5, 0.6) is 5.75 Å². The van der Waals surface area contributed by atoms with Gasteiger partial charge in [-0.3, -0.25) is 9.69 Å². The third-order valence-corrected chi connectivity index (χ3v) is 7.12. The molecule has 0 unspecified atom stereocenters. The van der Waals surface area contributed by atoms with E-state index in [9.17, 15) is 4.79 Å². The van der Waals surface area contributed by atoms with E-state index >= 15 is 0 Å². The molecule has 0 bridgehead atoms. The Labute approximate surface area is 203 Å². The Hall–Kier alpha value is -1.51. The molecule has 0 N–H and O–H groups in total. The van der Waals surface area contributed by atoms with Gasteiger partial charge in [-0.1, -0.05) is 36.8 Å². The number of amides is 1. The summed E-state index contributed by atoms with van der Waals surface area (Å²) in [6.45, 7) is 7.60. The fourth-order valence-corrected chi connectivity index (χ4v) is 4.94. The summed E-state index contributed by atoms with van der Waals surface area (Å²) in [5, 5.41) is 1.42. The Bertz CT molecular complexity index is 979. The Kier molecular flexibility index (Phi) is 10.4. The molecule has 1 heterocycles. The maximum absolute atomic E-state index is 13.2. The van der Waals surface area contributed by atoms with E-state index in [-0.39, 0.29) is 18.3 Å². The van der Waals surface area contributed by atoms with Crippen LogP contribution in [0.4, 0.5) is 5.13 Å².